The van der Waals surface area contributed by atoms with Crippen molar-refractivity contribution in [1.29, 1.82) is 0 Å². The predicted molar refractivity (Wildman–Crippen MR) is 85.3 cm³/mol. The lowest BCUT2D eigenvalue weighted by atomic mass is 10.1. The van der Waals surface area contributed by atoms with Crippen LogP contribution in [-0.4, -0.2) is 73.7 Å². The second-order valence-electron chi connectivity index (χ2n) is 6.10. The Labute approximate surface area is 143 Å². The van der Waals surface area contributed by atoms with Crippen LogP contribution in [0.4, 0.5) is 19.3 Å². The monoisotopic (exact) mass is 357 g/mol. The quantitative estimate of drug-likeness (QED) is 0.733. The zero-order chi connectivity index (χ0) is 17.8. The number of carbonyl (C=O) groups excluding carboxylic acids is 1. The van der Waals surface area contributed by atoms with Crippen LogP contribution in [0.15, 0.2) is 18.2 Å². The predicted octanol–water partition coefficient (Wildman–Crippen LogP) is 0.547. The summed E-state index contributed by atoms with van der Waals surface area (Å²) in [6, 6.07) is 1.57. The minimum absolute atomic E-state index is 0.142. The van der Waals surface area contributed by atoms with Crippen LogP contribution in [0.25, 0.3) is 0 Å². The molecule has 2 aliphatic rings. The molecule has 0 radical (unpaired) electrons. The Balaban J connectivity index is 1.50. The van der Waals surface area contributed by atoms with Gasteiger partial charge in [-0.3, -0.25) is 4.90 Å². The second-order valence-corrected chi connectivity index (χ2v) is 6.10. The summed E-state index contributed by atoms with van der Waals surface area (Å²) in [5, 5.41) is 15.2. The molecule has 1 aromatic carbocycles. The van der Waals surface area contributed by atoms with Crippen molar-refractivity contribution in [3.05, 3.63) is 29.8 Å². The highest BCUT2D eigenvalue weighted by atomic mass is 19.1. The molecule has 0 bridgehead atoms. The topological polar surface area (TPSA) is 83.1 Å². The van der Waals surface area contributed by atoms with Crippen LogP contribution >= 0.6 is 0 Å². The molecule has 7 nitrogen and oxygen atoms in total. The molecule has 9 heteroatoms. The van der Waals surface area contributed by atoms with Crippen LogP contribution in [0, 0.1) is 11.6 Å². The summed E-state index contributed by atoms with van der Waals surface area (Å²) in [6.07, 6.45) is -1.28. The standard InChI is InChI=1S/C16H21F2N3O4/c17-10-1-2-12(11(18)7-10)19-16(23)20-13-9-25-14(15(13)22)8-21-3-5-24-6-4-21/h1-2,7,13-15,22H,3-6,8-9H2,(H2,19,20,23)/t13-,14-,15+/m0/s1. The number of aliphatic hydroxyl groups excluding tert-OH is 1. The number of nitrogens with zero attached hydrogens (tertiary/aromatic N) is 1. The highest BCUT2D eigenvalue weighted by molar-refractivity contribution is 5.89. The number of urea groups is 1. The van der Waals surface area contributed by atoms with Crippen LogP contribution in [-0.2, 0) is 9.47 Å². The molecule has 2 saturated heterocycles. The molecule has 0 unspecified atom stereocenters. The van der Waals surface area contributed by atoms with Gasteiger partial charge in [0.25, 0.3) is 0 Å². The van der Waals surface area contributed by atoms with E-state index in [-0.39, 0.29) is 12.3 Å². The van der Waals surface area contributed by atoms with E-state index in [1.165, 1.54) is 0 Å². The largest absolute Gasteiger partial charge is 0.388 e. The van der Waals surface area contributed by atoms with Gasteiger partial charge in [-0.25, -0.2) is 13.6 Å². The van der Waals surface area contributed by atoms with Crippen molar-refractivity contribution >= 4 is 11.7 Å². The Kier molecular flexibility index (Phi) is 5.79. The van der Waals surface area contributed by atoms with Gasteiger partial charge in [-0.1, -0.05) is 0 Å². The van der Waals surface area contributed by atoms with Crippen LogP contribution in [0.2, 0.25) is 0 Å². The van der Waals surface area contributed by atoms with Crippen molar-refractivity contribution in [3.8, 4) is 0 Å². The highest BCUT2D eigenvalue weighted by Crippen LogP contribution is 2.18. The van der Waals surface area contributed by atoms with Gasteiger partial charge >= 0.3 is 6.03 Å². The first-order valence-electron chi connectivity index (χ1n) is 8.15. The molecule has 2 heterocycles. The van der Waals surface area contributed by atoms with Gasteiger partial charge in [-0.2, -0.15) is 0 Å². The zero-order valence-corrected chi connectivity index (χ0v) is 13.6. The number of morpholine rings is 1. The molecule has 1 aromatic rings. The van der Waals surface area contributed by atoms with Gasteiger partial charge in [-0.15, -0.1) is 0 Å². The first-order chi connectivity index (χ1) is 12.0. The van der Waals surface area contributed by atoms with Gasteiger partial charge in [-0.05, 0) is 12.1 Å². The fourth-order valence-corrected chi connectivity index (χ4v) is 2.93. The van der Waals surface area contributed by atoms with E-state index in [0.29, 0.717) is 25.8 Å². The van der Waals surface area contributed by atoms with Crippen molar-refractivity contribution in [2.45, 2.75) is 18.2 Å². The number of hydrogen-bond acceptors (Lipinski definition) is 5. The normalized spacial score (nSPS) is 27.2. The molecule has 0 spiro atoms. The second kappa shape index (κ2) is 8.05. The molecule has 0 aromatic heterocycles. The molecule has 0 saturated carbocycles. The average Bonchev–Trinajstić information content (AvgIpc) is 2.92. The number of ether oxygens (including phenoxy) is 2. The van der Waals surface area contributed by atoms with E-state index in [9.17, 15) is 18.7 Å². The Morgan fingerprint density at radius 1 is 1.32 bits per heavy atom. The molecular formula is C16H21F2N3O4. The van der Waals surface area contributed by atoms with Crippen LogP contribution < -0.4 is 10.6 Å². The summed E-state index contributed by atoms with van der Waals surface area (Å²) in [6.45, 7) is 3.56. The third-order valence-corrected chi connectivity index (χ3v) is 4.32. The zero-order valence-electron chi connectivity index (χ0n) is 13.6. The van der Waals surface area contributed by atoms with E-state index in [1.807, 2.05) is 0 Å². The minimum Gasteiger partial charge on any atom is -0.388 e. The van der Waals surface area contributed by atoms with Crippen molar-refractivity contribution < 1.29 is 28.2 Å². The number of carbonyl (C=O) groups is 1. The third-order valence-electron chi connectivity index (χ3n) is 4.32. The summed E-state index contributed by atoms with van der Waals surface area (Å²) in [7, 11) is 0. The van der Waals surface area contributed by atoms with E-state index < -0.39 is 35.9 Å². The molecular weight excluding hydrogens is 336 g/mol. The summed E-state index contributed by atoms with van der Waals surface area (Å²) >= 11 is 0. The summed E-state index contributed by atoms with van der Waals surface area (Å²) < 4.78 is 37.3. The lowest BCUT2D eigenvalue weighted by Crippen LogP contribution is -2.49. The van der Waals surface area contributed by atoms with Crippen molar-refractivity contribution in [2.24, 2.45) is 0 Å². The van der Waals surface area contributed by atoms with Gasteiger partial charge in [0.05, 0.1) is 37.7 Å². The Morgan fingerprint density at radius 3 is 2.80 bits per heavy atom. The van der Waals surface area contributed by atoms with Gasteiger partial charge in [0.1, 0.15) is 17.7 Å². The lowest BCUT2D eigenvalue weighted by Gasteiger charge is -2.29. The molecule has 0 aliphatic carbocycles. The molecule has 3 rings (SSSR count). The lowest BCUT2D eigenvalue weighted by molar-refractivity contribution is -0.0180. The highest BCUT2D eigenvalue weighted by Gasteiger charge is 2.37. The van der Waals surface area contributed by atoms with Gasteiger partial charge in [0, 0.05) is 25.7 Å². The van der Waals surface area contributed by atoms with Gasteiger partial charge in [0.15, 0.2) is 0 Å². The smallest absolute Gasteiger partial charge is 0.319 e. The number of benzene rings is 1. The SMILES string of the molecule is O=C(Nc1ccc(F)cc1F)N[C@H]1CO[C@@H](CN2CCOCC2)[C@@H]1O. The molecule has 2 aliphatic heterocycles. The van der Waals surface area contributed by atoms with Crippen LogP contribution in [0.1, 0.15) is 0 Å². The number of anilines is 1. The van der Waals surface area contributed by atoms with Gasteiger partial charge < -0.3 is 25.2 Å². The first kappa shape index (κ1) is 18.0. The Bertz CT molecular complexity index is 613. The van der Waals surface area contributed by atoms with Crippen LogP contribution in [0.3, 0.4) is 0 Å². The molecule has 3 atom stereocenters. The van der Waals surface area contributed by atoms with E-state index in [4.69, 9.17) is 9.47 Å². The number of halogens is 2. The van der Waals surface area contributed by atoms with E-state index in [2.05, 4.69) is 15.5 Å². The maximum Gasteiger partial charge on any atom is 0.319 e. The van der Waals surface area contributed by atoms with Crippen LogP contribution in [0.5, 0.6) is 0 Å². The van der Waals surface area contributed by atoms with Gasteiger partial charge in [0.2, 0.25) is 0 Å². The van der Waals surface area contributed by atoms with Crippen molar-refractivity contribution in [1.82, 2.24) is 10.2 Å². The molecule has 2 fully saturated rings. The number of amides is 2. The Hall–Kier alpha value is -1.81. The molecule has 25 heavy (non-hydrogen) atoms. The maximum atomic E-state index is 13.6. The van der Waals surface area contributed by atoms with E-state index >= 15 is 0 Å². The number of hydrogen-bond donors (Lipinski definition) is 3. The maximum absolute atomic E-state index is 13.6. The number of aliphatic hydroxyl groups is 1. The molecule has 2 amide bonds. The van der Waals surface area contributed by atoms with Crippen molar-refractivity contribution in [2.75, 3.05) is 44.8 Å². The number of nitrogens with one attached hydrogen (secondary N) is 2. The van der Waals surface area contributed by atoms with Crippen molar-refractivity contribution in [3.63, 3.8) is 0 Å². The molecule has 138 valence electrons. The first-order valence-corrected chi connectivity index (χ1v) is 8.15. The average molecular weight is 357 g/mol. The summed E-state index contributed by atoms with van der Waals surface area (Å²) in [5.74, 6) is -1.60. The Morgan fingerprint density at radius 2 is 2.08 bits per heavy atom. The number of rotatable bonds is 4. The van der Waals surface area contributed by atoms with E-state index in [0.717, 1.165) is 25.2 Å². The summed E-state index contributed by atoms with van der Waals surface area (Å²) in [5.41, 5.74) is -0.142. The van der Waals surface area contributed by atoms with E-state index in [1.54, 1.807) is 0 Å². The fraction of sp³-hybridized carbons (Fsp3) is 0.562. The fourth-order valence-electron chi connectivity index (χ4n) is 2.93. The summed E-state index contributed by atoms with van der Waals surface area (Å²) in [4.78, 5) is 14.1. The third kappa shape index (κ3) is 4.63. The minimum atomic E-state index is -0.872. The molecule has 3 N–H and O–H groups in total.